The maximum atomic E-state index is 12.8. The zero-order valence-electron chi connectivity index (χ0n) is 12.4. The standard InChI is InChI=1S/C15H17FN2O3S/c1-10-14(15(19)17-7-8-20-2)22-13(18-10)9-21-12-5-3-11(16)4-6-12/h3-6H,7-9H2,1-2H3,(H,17,19). The number of halogens is 1. The Morgan fingerprint density at radius 1 is 1.36 bits per heavy atom. The van der Waals surface area contributed by atoms with Crippen LogP contribution in [-0.2, 0) is 11.3 Å². The third-order valence-electron chi connectivity index (χ3n) is 2.81. The first-order valence-corrected chi connectivity index (χ1v) is 7.53. The van der Waals surface area contributed by atoms with E-state index in [1.165, 1.54) is 23.5 Å². The molecule has 0 fully saturated rings. The molecule has 0 radical (unpaired) electrons. The summed E-state index contributed by atoms with van der Waals surface area (Å²) in [6.45, 7) is 2.93. The monoisotopic (exact) mass is 324 g/mol. The maximum absolute atomic E-state index is 12.8. The molecule has 2 rings (SSSR count). The number of nitrogens with one attached hydrogen (secondary N) is 1. The van der Waals surface area contributed by atoms with Gasteiger partial charge in [0.15, 0.2) is 0 Å². The third kappa shape index (κ3) is 4.51. The first kappa shape index (κ1) is 16.4. The second-order valence-electron chi connectivity index (χ2n) is 4.51. The van der Waals surface area contributed by atoms with Gasteiger partial charge >= 0.3 is 0 Å². The Bertz CT molecular complexity index is 628. The normalized spacial score (nSPS) is 10.5. The van der Waals surface area contributed by atoms with E-state index in [4.69, 9.17) is 9.47 Å². The lowest BCUT2D eigenvalue weighted by Gasteiger charge is -2.03. The van der Waals surface area contributed by atoms with Gasteiger partial charge < -0.3 is 14.8 Å². The molecule has 118 valence electrons. The Balaban J connectivity index is 1.94. The van der Waals surface area contributed by atoms with Gasteiger partial charge in [0.25, 0.3) is 5.91 Å². The summed E-state index contributed by atoms with van der Waals surface area (Å²) in [4.78, 5) is 16.9. The van der Waals surface area contributed by atoms with Crippen LogP contribution in [0.2, 0.25) is 0 Å². The quantitative estimate of drug-likeness (QED) is 0.795. The van der Waals surface area contributed by atoms with Gasteiger partial charge in [-0.25, -0.2) is 9.37 Å². The van der Waals surface area contributed by atoms with Crippen LogP contribution in [0.5, 0.6) is 5.75 Å². The minimum Gasteiger partial charge on any atom is -0.486 e. The summed E-state index contributed by atoms with van der Waals surface area (Å²) >= 11 is 1.28. The van der Waals surface area contributed by atoms with Crippen LogP contribution in [-0.4, -0.2) is 31.2 Å². The number of rotatable bonds is 7. The fourth-order valence-electron chi connectivity index (χ4n) is 1.75. The average Bonchev–Trinajstić information content (AvgIpc) is 2.88. The number of aryl methyl sites for hydroxylation is 1. The van der Waals surface area contributed by atoms with Gasteiger partial charge in [0.05, 0.1) is 12.3 Å². The van der Waals surface area contributed by atoms with Crippen LogP contribution in [0.4, 0.5) is 4.39 Å². The largest absolute Gasteiger partial charge is 0.486 e. The molecule has 1 N–H and O–H groups in total. The molecule has 1 aromatic heterocycles. The molecule has 1 heterocycles. The van der Waals surface area contributed by atoms with Crippen molar-refractivity contribution in [3.8, 4) is 5.75 Å². The number of benzene rings is 1. The van der Waals surface area contributed by atoms with E-state index >= 15 is 0 Å². The zero-order valence-corrected chi connectivity index (χ0v) is 13.2. The molecule has 5 nitrogen and oxygen atoms in total. The van der Waals surface area contributed by atoms with Crippen molar-refractivity contribution in [1.29, 1.82) is 0 Å². The summed E-state index contributed by atoms with van der Waals surface area (Å²) < 4.78 is 23.2. The van der Waals surface area contributed by atoms with Crippen LogP contribution in [0.1, 0.15) is 20.4 Å². The molecule has 1 amide bonds. The van der Waals surface area contributed by atoms with E-state index in [0.717, 1.165) is 0 Å². The topological polar surface area (TPSA) is 60.5 Å². The highest BCUT2D eigenvalue weighted by molar-refractivity contribution is 7.13. The molecule has 2 aromatic rings. The van der Waals surface area contributed by atoms with E-state index in [0.29, 0.717) is 34.5 Å². The SMILES string of the molecule is COCCNC(=O)c1sc(COc2ccc(F)cc2)nc1C. The number of thiazole rings is 1. The molecule has 0 aliphatic rings. The first-order chi connectivity index (χ1) is 10.6. The second kappa shape index (κ2) is 7.86. The molecule has 7 heteroatoms. The number of hydrogen-bond donors (Lipinski definition) is 1. The van der Waals surface area contributed by atoms with E-state index in [1.54, 1.807) is 26.2 Å². The predicted octanol–water partition coefficient (Wildman–Crippen LogP) is 2.55. The lowest BCUT2D eigenvalue weighted by molar-refractivity contribution is 0.0940. The molecular formula is C15H17FN2O3S. The minimum absolute atomic E-state index is 0.167. The summed E-state index contributed by atoms with van der Waals surface area (Å²) in [5, 5.41) is 3.45. The second-order valence-corrected chi connectivity index (χ2v) is 5.60. The summed E-state index contributed by atoms with van der Waals surface area (Å²) in [5.41, 5.74) is 0.664. The number of aromatic nitrogens is 1. The summed E-state index contributed by atoms with van der Waals surface area (Å²) in [6.07, 6.45) is 0. The van der Waals surface area contributed by atoms with E-state index in [2.05, 4.69) is 10.3 Å². The molecule has 0 spiro atoms. The van der Waals surface area contributed by atoms with Crippen LogP contribution >= 0.6 is 11.3 Å². The van der Waals surface area contributed by atoms with Crippen LogP contribution in [0.15, 0.2) is 24.3 Å². The van der Waals surface area contributed by atoms with Gasteiger partial charge in [0, 0.05) is 13.7 Å². The van der Waals surface area contributed by atoms with Gasteiger partial charge in [0.2, 0.25) is 0 Å². The number of hydrogen-bond acceptors (Lipinski definition) is 5. The van der Waals surface area contributed by atoms with Gasteiger partial charge in [0.1, 0.15) is 28.1 Å². The summed E-state index contributed by atoms with van der Waals surface area (Å²) in [7, 11) is 1.58. The van der Waals surface area contributed by atoms with Gasteiger partial charge in [-0.05, 0) is 31.2 Å². The number of amides is 1. The van der Waals surface area contributed by atoms with Crippen molar-refractivity contribution in [3.05, 3.63) is 45.7 Å². The molecular weight excluding hydrogens is 307 g/mol. The molecule has 0 atom stereocenters. The highest BCUT2D eigenvalue weighted by Gasteiger charge is 2.15. The lowest BCUT2D eigenvalue weighted by Crippen LogP contribution is -2.26. The van der Waals surface area contributed by atoms with Crippen molar-refractivity contribution >= 4 is 17.2 Å². The fraction of sp³-hybridized carbons (Fsp3) is 0.333. The molecule has 0 aliphatic heterocycles. The average molecular weight is 324 g/mol. The maximum Gasteiger partial charge on any atom is 0.263 e. The minimum atomic E-state index is -0.313. The first-order valence-electron chi connectivity index (χ1n) is 6.72. The van der Waals surface area contributed by atoms with Gasteiger partial charge in [-0.1, -0.05) is 0 Å². The number of carbonyl (C=O) groups is 1. The van der Waals surface area contributed by atoms with E-state index in [1.807, 2.05) is 0 Å². The highest BCUT2D eigenvalue weighted by Crippen LogP contribution is 2.20. The lowest BCUT2D eigenvalue weighted by atomic mass is 10.3. The molecule has 0 aliphatic carbocycles. The number of ether oxygens (including phenoxy) is 2. The number of nitrogens with zero attached hydrogens (tertiary/aromatic N) is 1. The Labute approximate surface area is 132 Å². The summed E-state index contributed by atoms with van der Waals surface area (Å²) in [5.74, 6) is 0.0768. The van der Waals surface area contributed by atoms with Crippen molar-refractivity contribution in [2.24, 2.45) is 0 Å². The molecule has 1 aromatic carbocycles. The number of methoxy groups -OCH3 is 1. The van der Waals surface area contributed by atoms with Crippen molar-refractivity contribution in [2.45, 2.75) is 13.5 Å². The van der Waals surface area contributed by atoms with E-state index < -0.39 is 0 Å². The smallest absolute Gasteiger partial charge is 0.263 e. The number of carbonyl (C=O) groups excluding carboxylic acids is 1. The van der Waals surface area contributed by atoms with Gasteiger partial charge in [-0.3, -0.25) is 4.79 Å². The van der Waals surface area contributed by atoms with Crippen molar-refractivity contribution in [1.82, 2.24) is 10.3 Å². The van der Waals surface area contributed by atoms with E-state index in [9.17, 15) is 9.18 Å². The van der Waals surface area contributed by atoms with Crippen molar-refractivity contribution < 1.29 is 18.7 Å². The molecule has 0 saturated heterocycles. The van der Waals surface area contributed by atoms with Crippen molar-refractivity contribution in [2.75, 3.05) is 20.3 Å². The Hall–Kier alpha value is -1.99. The third-order valence-corrected chi connectivity index (χ3v) is 3.94. The zero-order chi connectivity index (χ0) is 15.9. The summed E-state index contributed by atoms with van der Waals surface area (Å²) in [6, 6.07) is 5.76. The molecule has 0 unspecified atom stereocenters. The van der Waals surface area contributed by atoms with E-state index in [-0.39, 0.29) is 18.3 Å². The molecule has 22 heavy (non-hydrogen) atoms. The fourth-order valence-corrected chi connectivity index (χ4v) is 2.64. The van der Waals surface area contributed by atoms with Crippen molar-refractivity contribution in [3.63, 3.8) is 0 Å². The van der Waals surface area contributed by atoms with Gasteiger partial charge in [-0.2, -0.15) is 0 Å². The van der Waals surface area contributed by atoms with Gasteiger partial charge in [-0.15, -0.1) is 11.3 Å². The Morgan fingerprint density at radius 3 is 2.77 bits per heavy atom. The Kier molecular flexibility index (Phi) is 5.85. The van der Waals surface area contributed by atoms with Crippen LogP contribution < -0.4 is 10.1 Å². The van der Waals surface area contributed by atoms with Crippen LogP contribution in [0.25, 0.3) is 0 Å². The highest BCUT2D eigenvalue weighted by atomic mass is 32.1. The van der Waals surface area contributed by atoms with Crippen LogP contribution in [0.3, 0.4) is 0 Å². The molecule has 0 saturated carbocycles. The molecule has 0 bridgehead atoms. The van der Waals surface area contributed by atoms with Crippen LogP contribution in [0, 0.1) is 12.7 Å². The Morgan fingerprint density at radius 2 is 2.09 bits per heavy atom. The predicted molar refractivity (Wildman–Crippen MR) is 81.8 cm³/mol.